The number of amides is 1. The molecule has 34 heavy (non-hydrogen) atoms. The lowest BCUT2D eigenvalue weighted by Crippen LogP contribution is -2.48. The number of rotatable bonds is 4. The van der Waals surface area contributed by atoms with Gasteiger partial charge in [0.25, 0.3) is 11.5 Å². The van der Waals surface area contributed by atoms with Crippen LogP contribution in [0.2, 0.25) is 0 Å². The quantitative estimate of drug-likeness (QED) is 0.507. The molecule has 172 valence electrons. The SMILES string of the molecule is O=C(c1cc2cccnc2n(-c2ccc(F)cc2)c1=O)N1CCC(O)(Cc2ccccc2)CC1. The van der Waals surface area contributed by atoms with E-state index in [1.54, 1.807) is 29.3 Å². The summed E-state index contributed by atoms with van der Waals surface area (Å²) in [5, 5.41) is 11.7. The van der Waals surface area contributed by atoms with E-state index in [4.69, 9.17) is 0 Å². The topological polar surface area (TPSA) is 75.4 Å². The molecule has 1 N–H and O–H groups in total. The van der Waals surface area contributed by atoms with Crippen molar-refractivity contribution in [2.45, 2.75) is 24.9 Å². The number of aliphatic hydroxyl groups is 1. The molecule has 1 aliphatic rings. The Morgan fingerprint density at radius 1 is 1.00 bits per heavy atom. The minimum atomic E-state index is -0.889. The Labute approximate surface area is 195 Å². The Hall–Kier alpha value is -3.84. The lowest BCUT2D eigenvalue weighted by molar-refractivity contribution is -0.0162. The van der Waals surface area contributed by atoms with E-state index in [-0.39, 0.29) is 11.5 Å². The van der Waals surface area contributed by atoms with Crippen molar-refractivity contribution in [3.05, 3.63) is 106 Å². The summed E-state index contributed by atoms with van der Waals surface area (Å²) >= 11 is 0. The number of benzene rings is 2. The zero-order chi connectivity index (χ0) is 23.7. The molecule has 0 atom stereocenters. The molecule has 3 heterocycles. The van der Waals surface area contributed by atoms with Crippen molar-refractivity contribution >= 4 is 16.9 Å². The third kappa shape index (κ3) is 4.22. The summed E-state index contributed by atoms with van der Waals surface area (Å²) in [7, 11) is 0. The molecule has 0 spiro atoms. The first-order valence-corrected chi connectivity index (χ1v) is 11.3. The number of hydrogen-bond acceptors (Lipinski definition) is 4. The highest BCUT2D eigenvalue weighted by atomic mass is 19.1. The van der Waals surface area contributed by atoms with Gasteiger partial charge in [-0.2, -0.15) is 0 Å². The van der Waals surface area contributed by atoms with Crippen LogP contribution in [0.4, 0.5) is 4.39 Å². The first-order chi connectivity index (χ1) is 16.4. The summed E-state index contributed by atoms with van der Waals surface area (Å²) < 4.78 is 14.8. The second-order valence-electron chi connectivity index (χ2n) is 8.77. The van der Waals surface area contributed by atoms with Gasteiger partial charge in [-0.25, -0.2) is 9.37 Å². The number of carbonyl (C=O) groups excluding carboxylic acids is 1. The van der Waals surface area contributed by atoms with Gasteiger partial charge in [-0.15, -0.1) is 0 Å². The molecule has 1 amide bonds. The molecule has 1 fully saturated rings. The van der Waals surface area contributed by atoms with E-state index in [1.165, 1.54) is 28.8 Å². The van der Waals surface area contributed by atoms with E-state index >= 15 is 0 Å². The Bertz CT molecular complexity index is 1390. The summed E-state index contributed by atoms with van der Waals surface area (Å²) in [5.74, 6) is -0.800. The minimum Gasteiger partial charge on any atom is -0.389 e. The van der Waals surface area contributed by atoms with Crippen LogP contribution in [0.25, 0.3) is 16.7 Å². The third-order valence-corrected chi connectivity index (χ3v) is 6.43. The van der Waals surface area contributed by atoms with Gasteiger partial charge in [-0.1, -0.05) is 30.3 Å². The van der Waals surface area contributed by atoms with Crippen molar-refractivity contribution < 1.29 is 14.3 Å². The Morgan fingerprint density at radius 3 is 2.41 bits per heavy atom. The van der Waals surface area contributed by atoms with Gasteiger partial charge in [-0.05, 0) is 60.9 Å². The maximum Gasteiger partial charge on any atom is 0.269 e. The van der Waals surface area contributed by atoms with Gasteiger partial charge >= 0.3 is 0 Å². The fourth-order valence-corrected chi connectivity index (χ4v) is 4.57. The molecule has 2 aromatic heterocycles. The number of hydrogen-bond donors (Lipinski definition) is 1. The van der Waals surface area contributed by atoms with Gasteiger partial charge in [0.05, 0.1) is 11.3 Å². The van der Waals surface area contributed by atoms with Gasteiger partial charge in [0.1, 0.15) is 17.0 Å². The fourth-order valence-electron chi connectivity index (χ4n) is 4.57. The van der Waals surface area contributed by atoms with Gasteiger partial charge in [0, 0.05) is 31.1 Å². The van der Waals surface area contributed by atoms with Crippen LogP contribution in [0.1, 0.15) is 28.8 Å². The highest BCUT2D eigenvalue weighted by Crippen LogP contribution is 2.27. The molecule has 1 saturated heterocycles. The predicted octanol–water partition coefficient (Wildman–Crippen LogP) is 3.73. The molecule has 0 bridgehead atoms. The first-order valence-electron chi connectivity index (χ1n) is 11.3. The number of halogens is 1. The summed E-state index contributed by atoms with van der Waals surface area (Å²) in [6.45, 7) is 0.701. The molecule has 0 radical (unpaired) electrons. The monoisotopic (exact) mass is 457 g/mol. The minimum absolute atomic E-state index is 0.0262. The van der Waals surface area contributed by atoms with E-state index in [9.17, 15) is 19.1 Å². The summed E-state index contributed by atoms with van der Waals surface area (Å²) in [4.78, 5) is 32.8. The second-order valence-corrected chi connectivity index (χ2v) is 8.77. The van der Waals surface area contributed by atoms with Crippen LogP contribution in [0.3, 0.4) is 0 Å². The fraction of sp³-hybridized carbons (Fsp3) is 0.222. The Balaban J connectivity index is 1.45. The van der Waals surface area contributed by atoms with E-state index < -0.39 is 17.0 Å². The van der Waals surface area contributed by atoms with Crippen LogP contribution in [0.5, 0.6) is 0 Å². The smallest absolute Gasteiger partial charge is 0.269 e. The zero-order valence-electron chi connectivity index (χ0n) is 18.5. The molecular weight excluding hydrogens is 433 g/mol. The number of piperidine rings is 1. The van der Waals surface area contributed by atoms with Gasteiger partial charge in [0.15, 0.2) is 0 Å². The molecule has 7 heteroatoms. The van der Waals surface area contributed by atoms with Crippen LogP contribution in [0, 0.1) is 5.82 Å². The number of aromatic nitrogens is 2. The summed E-state index contributed by atoms with van der Waals surface area (Å²) in [5.41, 5.74) is 0.507. The van der Waals surface area contributed by atoms with Crippen LogP contribution >= 0.6 is 0 Å². The second kappa shape index (κ2) is 8.83. The Morgan fingerprint density at radius 2 is 1.71 bits per heavy atom. The van der Waals surface area contributed by atoms with Crippen LogP contribution < -0.4 is 5.56 Å². The molecule has 1 aliphatic heterocycles. The Kier molecular flexibility index (Phi) is 5.71. The first kappa shape index (κ1) is 22.0. The van der Waals surface area contributed by atoms with E-state index in [1.807, 2.05) is 30.3 Å². The molecule has 5 rings (SSSR count). The molecular formula is C27H24FN3O3. The van der Waals surface area contributed by atoms with Gasteiger partial charge in [-0.3, -0.25) is 14.2 Å². The third-order valence-electron chi connectivity index (χ3n) is 6.43. The maximum atomic E-state index is 13.5. The van der Waals surface area contributed by atoms with Crippen molar-refractivity contribution in [1.82, 2.24) is 14.5 Å². The highest BCUT2D eigenvalue weighted by molar-refractivity contribution is 5.97. The lowest BCUT2D eigenvalue weighted by atomic mass is 9.85. The van der Waals surface area contributed by atoms with E-state index in [0.29, 0.717) is 49.1 Å². The van der Waals surface area contributed by atoms with Crippen LogP contribution in [-0.4, -0.2) is 44.2 Å². The number of fused-ring (bicyclic) bond motifs is 1. The average molecular weight is 458 g/mol. The summed E-state index contributed by atoms with van der Waals surface area (Å²) in [6, 6.07) is 20.4. The molecule has 0 saturated carbocycles. The maximum absolute atomic E-state index is 13.5. The normalized spacial score (nSPS) is 15.4. The highest BCUT2D eigenvalue weighted by Gasteiger charge is 2.35. The van der Waals surface area contributed by atoms with Crippen molar-refractivity contribution in [3.63, 3.8) is 0 Å². The number of pyridine rings is 2. The number of likely N-dealkylation sites (tertiary alicyclic amines) is 1. The number of nitrogens with zero attached hydrogens (tertiary/aromatic N) is 3. The van der Waals surface area contributed by atoms with E-state index in [0.717, 1.165) is 5.56 Å². The zero-order valence-corrected chi connectivity index (χ0v) is 18.5. The van der Waals surface area contributed by atoms with Crippen molar-refractivity contribution in [2.75, 3.05) is 13.1 Å². The standard InChI is InChI=1S/C27H24FN3O3/c28-21-8-10-22(11-9-21)31-24-20(7-4-14-29-24)17-23(26(31)33)25(32)30-15-12-27(34,13-16-30)18-19-5-2-1-3-6-19/h1-11,14,17,34H,12-13,15-16,18H2. The van der Waals surface area contributed by atoms with Crippen molar-refractivity contribution in [3.8, 4) is 5.69 Å². The lowest BCUT2D eigenvalue weighted by Gasteiger charge is -2.38. The summed E-state index contributed by atoms with van der Waals surface area (Å²) in [6.07, 6.45) is 2.94. The van der Waals surface area contributed by atoms with Crippen molar-refractivity contribution in [1.29, 1.82) is 0 Å². The molecule has 0 unspecified atom stereocenters. The number of carbonyl (C=O) groups is 1. The van der Waals surface area contributed by atoms with Gasteiger partial charge in [0.2, 0.25) is 0 Å². The predicted molar refractivity (Wildman–Crippen MR) is 128 cm³/mol. The van der Waals surface area contributed by atoms with Crippen LogP contribution in [0.15, 0.2) is 83.8 Å². The molecule has 2 aromatic carbocycles. The van der Waals surface area contributed by atoms with Gasteiger partial charge < -0.3 is 10.0 Å². The van der Waals surface area contributed by atoms with E-state index in [2.05, 4.69) is 4.98 Å². The molecule has 4 aromatic rings. The largest absolute Gasteiger partial charge is 0.389 e. The molecule has 6 nitrogen and oxygen atoms in total. The van der Waals surface area contributed by atoms with Crippen LogP contribution in [-0.2, 0) is 6.42 Å². The molecule has 0 aliphatic carbocycles. The van der Waals surface area contributed by atoms with Crippen molar-refractivity contribution in [2.24, 2.45) is 0 Å². The average Bonchev–Trinajstić information content (AvgIpc) is 2.85.